The lowest BCUT2D eigenvalue weighted by molar-refractivity contribution is -0.0447. The predicted octanol–water partition coefficient (Wildman–Crippen LogP) is 0.377. The molecular formula is C6H13F3N2O2S. The van der Waals surface area contributed by atoms with Crippen LogP contribution >= 0.6 is 0 Å². The Kier molecular flexibility index (Phi) is 4.82. The molecule has 0 radical (unpaired) electrons. The molecule has 0 spiro atoms. The van der Waals surface area contributed by atoms with Gasteiger partial charge in [-0.05, 0) is 27.1 Å². The molecule has 0 unspecified atom stereocenters. The lowest BCUT2D eigenvalue weighted by atomic mass is 10.4. The average molecular weight is 234 g/mol. The zero-order chi connectivity index (χ0) is 11.4. The number of sulfonamides is 1. The Bertz CT molecular complexity index is 261. The number of nitrogens with one attached hydrogen (secondary N) is 1. The lowest BCUT2D eigenvalue weighted by Gasteiger charge is -2.11. The van der Waals surface area contributed by atoms with Crippen molar-refractivity contribution < 1.29 is 21.6 Å². The molecule has 0 bridgehead atoms. The largest absolute Gasteiger partial charge is 0.511 e. The Hall–Kier alpha value is -0.340. The van der Waals surface area contributed by atoms with Crippen molar-refractivity contribution in [2.24, 2.45) is 0 Å². The van der Waals surface area contributed by atoms with Gasteiger partial charge in [-0.15, -0.1) is 0 Å². The van der Waals surface area contributed by atoms with Crippen molar-refractivity contribution in [3.63, 3.8) is 0 Å². The van der Waals surface area contributed by atoms with E-state index in [0.29, 0.717) is 13.0 Å². The Morgan fingerprint density at radius 3 is 2.14 bits per heavy atom. The molecule has 0 saturated carbocycles. The SMILES string of the molecule is CN(C)CCCNS(=O)(=O)C(F)(F)F. The van der Waals surface area contributed by atoms with Crippen LogP contribution in [0, 0.1) is 0 Å². The van der Waals surface area contributed by atoms with Gasteiger partial charge in [0, 0.05) is 6.54 Å². The highest BCUT2D eigenvalue weighted by molar-refractivity contribution is 7.90. The molecule has 1 N–H and O–H groups in total. The van der Waals surface area contributed by atoms with Gasteiger partial charge in [0.15, 0.2) is 0 Å². The summed E-state index contributed by atoms with van der Waals surface area (Å²) in [4.78, 5) is 1.75. The molecule has 0 aliphatic heterocycles. The second-order valence-electron chi connectivity index (χ2n) is 3.00. The third kappa shape index (κ3) is 4.77. The van der Waals surface area contributed by atoms with Gasteiger partial charge in [0.25, 0.3) is 0 Å². The first-order chi connectivity index (χ1) is 6.17. The molecule has 0 saturated heterocycles. The van der Waals surface area contributed by atoms with Crippen LogP contribution in [0.4, 0.5) is 13.2 Å². The third-order valence-corrected chi connectivity index (χ3v) is 2.57. The molecule has 0 aliphatic rings. The van der Waals surface area contributed by atoms with E-state index >= 15 is 0 Å². The van der Waals surface area contributed by atoms with Gasteiger partial charge < -0.3 is 4.90 Å². The Balaban J connectivity index is 3.91. The average Bonchev–Trinajstić information content (AvgIpc) is 1.95. The van der Waals surface area contributed by atoms with E-state index in [1.54, 1.807) is 19.0 Å². The predicted molar refractivity (Wildman–Crippen MR) is 46.1 cm³/mol. The van der Waals surface area contributed by atoms with Gasteiger partial charge in [0.2, 0.25) is 0 Å². The van der Waals surface area contributed by atoms with E-state index in [1.807, 2.05) is 0 Å². The summed E-state index contributed by atoms with van der Waals surface area (Å²) >= 11 is 0. The molecule has 0 aliphatic carbocycles. The first-order valence-electron chi connectivity index (χ1n) is 3.87. The fourth-order valence-corrected chi connectivity index (χ4v) is 1.26. The molecule has 14 heavy (non-hydrogen) atoms. The number of rotatable bonds is 5. The second kappa shape index (κ2) is 4.94. The fourth-order valence-electron chi connectivity index (χ4n) is 0.684. The van der Waals surface area contributed by atoms with Crippen molar-refractivity contribution >= 4 is 10.0 Å². The zero-order valence-electron chi connectivity index (χ0n) is 7.93. The minimum Gasteiger partial charge on any atom is -0.309 e. The summed E-state index contributed by atoms with van der Waals surface area (Å²) < 4.78 is 57.6. The van der Waals surface area contributed by atoms with E-state index in [4.69, 9.17) is 0 Å². The molecule has 86 valence electrons. The highest BCUT2D eigenvalue weighted by atomic mass is 32.2. The summed E-state index contributed by atoms with van der Waals surface area (Å²) in [7, 11) is -1.67. The number of alkyl halides is 3. The van der Waals surface area contributed by atoms with Crippen LogP contribution in [0.1, 0.15) is 6.42 Å². The standard InChI is InChI=1S/C6H13F3N2O2S/c1-11(2)5-3-4-10-14(12,13)6(7,8)9/h10H,3-5H2,1-2H3. The number of hydrogen-bond acceptors (Lipinski definition) is 3. The van der Waals surface area contributed by atoms with Crippen LogP contribution in [0.3, 0.4) is 0 Å². The molecule has 0 amide bonds. The summed E-state index contributed by atoms with van der Waals surface area (Å²) in [6, 6.07) is 0. The van der Waals surface area contributed by atoms with Gasteiger partial charge in [0.05, 0.1) is 0 Å². The molecule has 4 nitrogen and oxygen atoms in total. The van der Waals surface area contributed by atoms with Crippen molar-refractivity contribution in [2.45, 2.75) is 11.9 Å². The van der Waals surface area contributed by atoms with E-state index < -0.39 is 15.5 Å². The van der Waals surface area contributed by atoms with Crippen LogP contribution in [0.5, 0.6) is 0 Å². The molecule has 0 aromatic rings. The van der Waals surface area contributed by atoms with Crippen LogP contribution < -0.4 is 4.72 Å². The number of halogens is 3. The first kappa shape index (κ1) is 13.7. The number of nitrogens with zero attached hydrogens (tertiary/aromatic N) is 1. The van der Waals surface area contributed by atoms with Crippen molar-refractivity contribution in [2.75, 3.05) is 27.2 Å². The van der Waals surface area contributed by atoms with Crippen molar-refractivity contribution in [1.29, 1.82) is 0 Å². The molecule has 0 fully saturated rings. The smallest absolute Gasteiger partial charge is 0.309 e. The quantitative estimate of drug-likeness (QED) is 0.699. The van der Waals surface area contributed by atoms with E-state index in [0.717, 1.165) is 0 Å². The summed E-state index contributed by atoms with van der Waals surface area (Å²) in [5.74, 6) is 0. The first-order valence-corrected chi connectivity index (χ1v) is 5.36. The van der Waals surface area contributed by atoms with Crippen LogP contribution in [0.25, 0.3) is 0 Å². The van der Waals surface area contributed by atoms with Crippen molar-refractivity contribution in [3.05, 3.63) is 0 Å². The van der Waals surface area contributed by atoms with Gasteiger partial charge in [-0.25, -0.2) is 13.1 Å². The van der Waals surface area contributed by atoms with E-state index in [-0.39, 0.29) is 6.54 Å². The lowest BCUT2D eigenvalue weighted by Crippen LogP contribution is -2.37. The maximum absolute atomic E-state index is 11.8. The van der Waals surface area contributed by atoms with E-state index in [2.05, 4.69) is 0 Å². The van der Waals surface area contributed by atoms with Crippen molar-refractivity contribution in [3.8, 4) is 0 Å². The van der Waals surface area contributed by atoms with E-state index in [9.17, 15) is 21.6 Å². The minimum absolute atomic E-state index is 0.208. The Morgan fingerprint density at radius 2 is 1.79 bits per heavy atom. The molecule has 0 aromatic carbocycles. The highest BCUT2D eigenvalue weighted by Crippen LogP contribution is 2.21. The second-order valence-corrected chi connectivity index (χ2v) is 4.76. The normalized spacial score (nSPS) is 13.6. The topological polar surface area (TPSA) is 49.4 Å². The highest BCUT2D eigenvalue weighted by Gasteiger charge is 2.45. The summed E-state index contributed by atoms with van der Waals surface area (Å²) in [5.41, 5.74) is -5.22. The van der Waals surface area contributed by atoms with Crippen LogP contribution in [0.15, 0.2) is 0 Å². The van der Waals surface area contributed by atoms with Crippen LogP contribution in [-0.2, 0) is 10.0 Å². The zero-order valence-corrected chi connectivity index (χ0v) is 8.74. The van der Waals surface area contributed by atoms with Crippen molar-refractivity contribution in [1.82, 2.24) is 9.62 Å². The van der Waals surface area contributed by atoms with Gasteiger partial charge in [-0.3, -0.25) is 0 Å². The van der Waals surface area contributed by atoms with Gasteiger partial charge in [0.1, 0.15) is 0 Å². The molecular weight excluding hydrogens is 221 g/mol. The molecule has 0 aromatic heterocycles. The van der Waals surface area contributed by atoms with Gasteiger partial charge in [-0.2, -0.15) is 13.2 Å². The molecule has 0 heterocycles. The molecule has 0 atom stereocenters. The van der Waals surface area contributed by atoms with Gasteiger partial charge >= 0.3 is 15.5 Å². The molecule has 8 heteroatoms. The van der Waals surface area contributed by atoms with Crippen LogP contribution in [0.2, 0.25) is 0 Å². The van der Waals surface area contributed by atoms with E-state index in [1.165, 1.54) is 4.72 Å². The summed E-state index contributed by atoms with van der Waals surface area (Å²) in [6.45, 7) is 0.320. The summed E-state index contributed by atoms with van der Waals surface area (Å²) in [6.07, 6.45) is 0.336. The Labute approximate surface area is 81.1 Å². The molecule has 0 rings (SSSR count). The third-order valence-electron chi connectivity index (χ3n) is 1.38. The Morgan fingerprint density at radius 1 is 1.29 bits per heavy atom. The van der Waals surface area contributed by atoms with Crippen LogP contribution in [-0.4, -0.2) is 46.0 Å². The summed E-state index contributed by atoms with van der Waals surface area (Å²) in [5, 5.41) is 0. The maximum atomic E-state index is 11.8. The maximum Gasteiger partial charge on any atom is 0.511 e. The van der Waals surface area contributed by atoms with Gasteiger partial charge in [-0.1, -0.05) is 0 Å². The monoisotopic (exact) mass is 234 g/mol. The minimum atomic E-state index is -5.22. The number of hydrogen-bond donors (Lipinski definition) is 1. The fraction of sp³-hybridized carbons (Fsp3) is 1.00.